The van der Waals surface area contributed by atoms with E-state index in [2.05, 4.69) is 5.32 Å². The number of rotatable bonds is 4. The van der Waals surface area contributed by atoms with Crippen molar-refractivity contribution in [3.8, 4) is 0 Å². The molecule has 1 atom stereocenters. The van der Waals surface area contributed by atoms with Crippen LogP contribution in [0.4, 0.5) is 4.79 Å². The molecule has 1 heterocycles. The molecule has 0 radical (unpaired) electrons. The van der Waals surface area contributed by atoms with Crippen LogP contribution in [0.2, 0.25) is 0 Å². The SMILES string of the molecule is O=C1NC(c2ccccc2)C(=O)N1C(c1ccccc1)c1ccccc1. The minimum absolute atomic E-state index is 0.237. The topological polar surface area (TPSA) is 49.4 Å². The van der Waals surface area contributed by atoms with E-state index in [1.165, 1.54) is 4.90 Å². The summed E-state index contributed by atoms with van der Waals surface area (Å²) in [6.45, 7) is 0. The summed E-state index contributed by atoms with van der Waals surface area (Å²) in [6.07, 6.45) is 0. The lowest BCUT2D eigenvalue weighted by atomic mass is 9.96. The van der Waals surface area contributed by atoms with Gasteiger partial charge in [-0.15, -0.1) is 0 Å². The van der Waals surface area contributed by atoms with E-state index in [9.17, 15) is 9.59 Å². The fourth-order valence-corrected chi connectivity index (χ4v) is 3.37. The van der Waals surface area contributed by atoms with Crippen LogP contribution in [-0.4, -0.2) is 16.8 Å². The van der Waals surface area contributed by atoms with E-state index in [0.717, 1.165) is 16.7 Å². The lowest BCUT2D eigenvalue weighted by Gasteiger charge is -2.26. The van der Waals surface area contributed by atoms with Gasteiger partial charge in [-0.3, -0.25) is 9.69 Å². The summed E-state index contributed by atoms with van der Waals surface area (Å²) < 4.78 is 0. The van der Waals surface area contributed by atoms with Crippen LogP contribution in [0.15, 0.2) is 91.0 Å². The lowest BCUT2D eigenvalue weighted by molar-refractivity contribution is -0.128. The second kappa shape index (κ2) is 6.84. The maximum atomic E-state index is 13.1. The Balaban J connectivity index is 1.77. The van der Waals surface area contributed by atoms with E-state index in [0.29, 0.717) is 0 Å². The van der Waals surface area contributed by atoms with Gasteiger partial charge < -0.3 is 5.32 Å². The first-order valence-corrected chi connectivity index (χ1v) is 8.54. The molecule has 3 amide bonds. The number of amides is 3. The number of nitrogens with one attached hydrogen (secondary N) is 1. The molecule has 4 nitrogen and oxygen atoms in total. The molecule has 1 unspecified atom stereocenters. The van der Waals surface area contributed by atoms with Crippen molar-refractivity contribution in [2.24, 2.45) is 0 Å². The number of nitrogens with zero attached hydrogens (tertiary/aromatic N) is 1. The third-order valence-corrected chi connectivity index (χ3v) is 4.59. The highest BCUT2D eigenvalue weighted by atomic mass is 16.2. The van der Waals surface area contributed by atoms with Crippen molar-refractivity contribution in [3.63, 3.8) is 0 Å². The summed E-state index contributed by atoms with van der Waals surface area (Å²) in [4.78, 5) is 27.2. The molecule has 1 saturated heterocycles. The standard InChI is InChI=1S/C22H18N2O2/c25-21-19(16-10-4-1-5-11-16)23-22(26)24(21)20(17-12-6-2-7-13-17)18-14-8-3-9-15-18/h1-15,19-20H,(H,23,26). The zero-order valence-corrected chi connectivity index (χ0v) is 14.1. The zero-order chi connectivity index (χ0) is 17.9. The van der Waals surface area contributed by atoms with Gasteiger partial charge in [-0.1, -0.05) is 91.0 Å². The number of benzene rings is 3. The Labute approximate surface area is 152 Å². The molecule has 0 aliphatic carbocycles. The number of hydrogen-bond acceptors (Lipinski definition) is 2. The summed E-state index contributed by atoms with van der Waals surface area (Å²) in [5.41, 5.74) is 2.58. The molecule has 0 spiro atoms. The molecule has 3 aromatic carbocycles. The van der Waals surface area contributed by atoms with Crippen LogP contribution in [-0.2, 0) is 4.79 Å². The fourth-order valence-electron chi connectivity index (χ4n) is 3.37. The van der Waals surface area contributed by atoms with Crippen molar-refractivity contribution < 1.29 is 9.59 Å². The molecule has 1 N–H and O–H groups in total. The Morgan fingerprint density at radius 1 is 0.692 bits per heavy atom. The Morgan fingerprint density at radius 2 is 1.15 bits per heavy atom. The minimum atomic E-state index is -0.654. The van der Waals surface area contributed by atoms with Crippen LogP contribution >= 0.6 is 0 Å². The molecular formula is C22H18N2O2. The minimum Gasteiger partial charge on any atom is -0.322 e. The maximum absolute atomic E-state index is 13.1. The first kappa shape index (κ1) is 16.1. The Hall–Kier alpha value is -3.40. The molecule has 1 fully saturated rings. The third-order valence-electron chi connectivity index (χ3n) is 4.59. The molecule has 1 aliphatic heterocycles. The number of carbonyl (C=O) groups is 2. The molecule has 0 bridgehead atoms. The third kappa shape index (κ3) is 2.86. The molecule has 3 aromatic rings. The van der Waals surface area contributed by atoms with Gasteiger partial charge in [-0.25, -0.2) is 4.79 Å². The van der Waals surface area contributed by atoms with Gasteiger partial charge in [0.25, 0.3) is 5.91 Å². The van der Waals surface area contributed by atoms with Crippen LogP contribution in [0.25, 0.3) is 0 Å². The second-order valence-electron chi connectivity index (χ2n) is 6.23. The quantitative estimate of drug-likeness (QED) is 0.727. The van der Waals surface area contributed by atoms with Crippen molar-refractivity contribution in [1.82, 2.24) is 10.2 Å². The van der Waals surface area contributed by atoms with E-state index in [-0.39, 0.29) is 11.9 Å². The molecule has 26 heavy (non-hydrogen) atoms. The van der Waals surface area contributed by atoms with Gasteiger partial charge >= 0.3 is 6.03 Å². The highest BCUT2D eigenvalue weighted by Crippen LogP contribution is 2.34. The Morgan fingerprint density at radius 3 is 1.65 bits per heavy atom. The molecule has 128 valence electrons. The highest BCUT2D eigenvalue weighted by Gasteiger charge is 2.43. The van der Waals surface area contributed by atoms with Crippen molar-refractivity contribution in [3.05, 3.63) is 108 Å². The number of urea groups is 1. The second-order valence-corrected chi connectivity index (χ2v) is 6.23. The van der Waals surface area contributed by atoms with Crippen molar-refractivity contribution in [2.45, 2.75) is 12.1 Å². The largest absolute Gasteiger partial charge is 0.325 e. The van der Waals surface area contributed by atoms with E-state index in [1.807, 2.05) is 91.0 Å². The van der Waals surface area contributed by atoms with Crippen molar-refractivity contribution >= 4 is 11.9 Å². The molecule has 0 saturated carbocycles. The van der Waals surface area contributed by atoms with E-state index in [1.54, 1.807) is 0 Å². The van der Waals surface area contributed by atoms with Crippen LogP contribution in [0.1, 0.15) is 28.8 Å². The monoisotopic (exact) mass is 342 g/mol. The van der Waals surface area contributed by atoms with Gasteiger partial charge in [-0.2, -0.15) is 0 Å². The Bertz CT molecular complexity index is 871. The molecular weight excluding hydrogens is 324 g/mol. The lowest BCUT2D eigenvalue weighted by Crippen LogP contribution is -2.35. The van der Waals surface area contributed by atoms with Crippen molar-refractivity contribution in [1.29, 1.82) is 0 Å². The van der Waals surface area contributed by atoms with Gasteiger partial charge in [0.1, 0.15) is 6.04 Å². The smallest absolute Gasteiger partial charge is 0.322 e. The van der Waals surface area contributed by atoms with E-state index < -0.39 is 12.1 Å². The predicted octanol–water partition coefficient (Wildman–Crippen LogP) is 4.07. The average Bonchev–Trinajstić information content (AvgIpc) is 2.99. The number of hydrogen-bond donors (Lipinski definition) is 1. The van der Waals surface area contributed by atoms with Crippen molar-refractivity contribution in [2.75, 3.05) is 0 Å². The first-order chi connectivity index (χ1) is 12.8. The summed E-state index contributed by atoms with van der Waals surface area (Å²) >= 11 is 0. The summed E-state index contributed by atoms with van der Waals surface area (Å²) in [7, 11) is 0. The van der Waals surface area contributed by atoms with Crippen LogP contribution in [0, 0.1) is 0 Å². The van der Waals surface area contributed by atoms with Crippen LogP contribution in [0.5, 0.6) is 0 Å². The number of imide groups is 1. The van der Waals surface area contributed by atoms with Crippen LogP contribution in [0.3, 0.4) is 0 Å². The maximum Gasteiger partial charge on any atom is 0.325 e. The van der Waals surface area contributed by atoms with Gasteiger partial charge in [0, 0.05) is 0 Å². The van der Waals surface area contributed by atoms with Gasteiger partial charge in [-0.05, 0) is 16.7 Å². The molecule has 0 aromatic heterocycles. The summed E-state index contributed by atoms with van der Waals surface area (Å²) in [5, 5.41) is 2.83. The van der Waals surface area contributed by atoms with E-state index >= 15 is 0 Å². The predicted molar refractivity (Wildman–Crippen MR) is 99.3 cm³/mol. The first-order valence-electron chi connectivity index (χ1n) is 8.54. The molecule has 1 aliphatic rings. The van der Waals surface area contributed by atoms with Gasteiger partial charge in [0.2, 0.25) is 0 Å². The summed E-state index contributed by atoms with van der Waals surface area (Å²) in [5.74, 6) is -0.237. The number of carbonyl (C=O) groups excluding carboxylic acids is 2. The van der Waals surface area contributed by atoms with E-state index in [4.69, 9.17) is 0 Å². The average molecular weight is 342 g/mol. The Kier molecular flexibility index (Phi) is 4.23. The normalized spacial score (nSPS) is 16.8. The zero-order valence-electron chi connectivity index (χ0n) is 14.1. The fraction of sp³-hybridized carbons (Fsp3) is 0.0909. The van der Waals surface area contributed by atoms with Crippen LogP contribution < -0.4 is 5.32 Å². The highest BCUT2D eigenvalue weighted by molar-refractivity contribution is 6.05. The molecule has 4 rings (SSSR count). The van der Waals surface area contributed by atoms with Gasteiger partial charge in [0.15, 0.2) is 0 Å². The summed E-state index contributed by atoms with van der Waals surface area (Å²) in [6, 6.07) is 27.1. The van der Waals surface area contributed by atoms with Gasteiger partial charge in [0.05, 0.1) is 6.04 Å². The molecule has 4 heteroatoms.